The van der Waals surface area contributed by atoms with Gasteiger partial charge in [-0.2, -0.15) is 0 Å². The third-order valence-corrected chi connectivity index (χ3v) is 6.12. The fourth-order valence-corrected chi connectivity index (χ4v) is 4.21. The number of benzene rings is 1. The lowest BCUT2D eigenvalue weighted by Gasteiger charge is -2.34. The first kappa shape index (κ1) is 21.4. The zero-order valence-corrected chi connectivity index (χ0v) is 18.7. The maximum atomic E-state index is 13.1. The van der Waals surface area contributed by atoms with Crippen LogP contribution in [0.2, 0.25) is 0 Å². The first-order chi connectivity index (χ1) is 15.0. The molecule has 6 nitrogen and oxygen atoms in total. The van der Waals surface area contributed by atoms with Crippen LogP contribution in [0.25, 0.3) is 10.9 Å². The Labute approximate surface area is 184 Å². The number of hydrogen-bond acceptors (Lipinski definition) is 4. The fraction of sp³-hybridized carbons (Fsp3) is 0.440. The summed E-state index contributed by atoms with van der Waals surface area (Å²) in [5, 5.41) is 1.00. The number of aromatic nitrogens is 2. The zero-order chi connectivity index (χ0) is 21.8. The third-order valence-electron chi connectivity index (χ3n) is 6.12. The Kier molecular flexibility index (Phi) is 6.56. The topological polar surface area (TPSA) is 61.5 Å². The van der Waals surface area contributed by atoms with Crippen LogP contribution < -0.4 is 4.74 Å². The number of fused-ring (bicyclic) bond motifs is 1. The molecule has 0 unspecified atom stereocenters. The van der Waals surface area contributed by atoms with Crippen LogP contribution in [0.3, 0.4) is 0 Å². The molecule has 164 valence electrons. The van der Waals surface area contributed by atoms with Crippen molar-refractivity contribution in [1.29, 1.82) is 0 Å². The minimum absolute atomic E-state index is 0.000891. The van der Waals surface area contributed by atoms with Crippen LogP contribution in [0.15, 0.2) is 48.8 Å². The van der Waals surface area contributed by atoms with Crippen molar-refractivity contribution >= 4 is 16.8 Å². The van der Waals surface area contributed by atoms with E-state index < -0.39 is 0 Å². The molecule has 1 aliphatic rings. The molecular formula is C25H32N4O2. The molecule has 0 atom stereocenters. The highest BCUT2D eigenvalue weighted by molar-refractivity contribution is 5.98. The Bertz CT molecular complexity index is 1010. The van der Waals surface area contributed by atoms with Crippen LogP contribution in [0.1, 0.15) is 49.7 Å². The van der Waals surface area contributed by atoms with E-state index in [2.05, 4.69) is 28.7 Å². The number of carbonyl (C=O) groups excluding carboxylic acids is 1. The Balaban J connectivity index is 1.44. The molecule has 0 saturated carbocycles. The lowest BCUT2D eigenvalue weighted by Crippen LogP contribution is -2.41. The van der Waals surface area contributed by atoms with Crippen molar-refractivity contribution in [3.63, 3.8) is 0 Å². The van der Waals surface area contributed by atoms with Gasteiger partial charge in [0.25, 0.3) is 5.91 Å². The summed E-state index contributed by atoms with van der Waals surface area (Å²) in [6.45, 7) is 9.86. The average molecular weight is 421 g/mol. The number of aromatic amines is 1. The summed E-state index contributed by atoms with van der Waals surface area (Å²) >= 11 is 0. The van der Waals surface area contributed by atoms with Gasteiger partial charge in [0.1, 0.15) is 17.5 Å². The molecule has 1 fully saturated rings. The molecule has 31 heavy (non-hydrogen) atoms. The Morgan fingerprint density at radius 1 is 1.19 bits per heavy atom. The highest BCUT2D eigenvalue weighted by atomic mass is 16.5. The molecule has 1 saturated heterocycles. The number of H-pyrrole nitrogens is 1. The van der Waals surface area contributed by atoms with E-state index in [1.54, 1.807) is 12.4 Å². The molecule has 0 radical (unpaired) electrons. The van der Waals surface area contributed by atoms with Crippen molar-refractivity contribution in [2.75, 3.05) is 19.6 Å². The molecule has 4 rings (SSSR count). The summed E-state index contributed by atoms with van der Waals surface area (Å²) in [4.78, 5) is 24.7. The van der Waals surface area contributed by atoms with Crippen molar-refractivity contribution in [3.8, 4) is 5.75 Å². The lowest BCUT2D eigenvalue weighted by atomic mass is 10.1. The summed E-state index contributed by atoms with van der Waals surface area (Å²) in [5.41, 5.74) is 2.62. The SMILES string of the molecule is CCN(Cc1ccncc1)C(=O)c1cc2cc(OC3CCN(C(C)C)CC3)ccc2[nH]1. The first-order valence-corrected chi connectivity index (χ1v) is 11.2. The standard InChI is InChI=1S/C25H32N4O2/c1-4-28(17-19-7-11-26-12-8-19)25(30)24-16-20-15-22(5-6-23(20)27-24)31-21-9-13-29(14-10-21)18(2)3/h5-8,11-12,15-16,18,21,27H,4,9-10,13-14,17H2,1-3H3. The number of amides is 1. The molecule has 6 heteroatoms. The molecule has 0 bridgehead atoms. The number of likely N-dealkylation sites (tertiary alicyclic amines) is 1. The average Bonchev–Trinajstić information content (AvgIpc) is 3.21. The van der Waals surface area contributed by atoms with E-state index in [9.17, 15) is 4.79 Å². The van der Waals surface area contributed by atoms with Gasteiger partial charge in [0.15, 0.2) is 0 Å². The van der Waals surface area contributed by atoms with E-state index >= 15 is 0 Å². The highest BCUT2D eigenvalue weighted by Crippen LogP contribution is 2.25. The summed E-state index contributed by atoms with van der Waals surface area (Å²) in [6.07, 6.45) is 5.86. The van der Waals surface area contributed by atoms with Crippen LogP contribution in [-0.2, 0) is 6.54 Å². The van der Waals surface area contributed by atoms with Gasteiger partial charge in [-0.25, -0.2) is 0 Å². The number of ether oxygens (including phenoxy) is 1. The third kappa shape index (κ3) is 5.07. The second-order valence-corrected chi connectivity index (χ2v) is 8.55. The summed E-state index contributed by atoms with van der Waals surface area (Å²) in [6, 6.07) is 12.4. The normalized spacial score (nSPS) is 15.5. The van der Waals surface area contributed by atoms with Gasteiger partial charge in [-0.15, -0.1) is 0 Å². The van der Waals surface area contributed by atoms with Crippen LogP contribution in [0.5, 0.6) is 5.75 Å². The molecule has 0 spiro atoms. The highest BCUT2D eigenvalue weighted by Gasteiger charge is 2.22. The van der Waals surface area contributed by atoms with Gasteiger partial charge in [-0.3, -0.25) is 9.78 Å². The molecule has 0 aliphatic carbocycles. The molecule has 2 aromatic heterocycles. The van der Waals surface area contributed by atoms with Crippen LogP contribution in [0, 0.1) is 0 Å². The predicted molar refractivity (Wildman–Crippen MR) is 123 cm³/mol. The number of nitrogens with zero attached hydrogens (tertiary/aromatic N) is 3. The Morgan fingerprint density at radius 2 is 1.94 bits per heavy atom. The number of piperidine rings is 1. The summed E-state index contributed by atoms with van der Waals surface area (Å²) in [7, 11) is 0. The predicted octanol–water partition coefficient (Wildman–Crippen LogP) is 4.48. The molecule has 1 aromatic carbocycles. The maximum Gasteiger partial charge on any atom is 0.270 e. The largest absolute Gasteiger partial charge is 0.490 e. The zero-order valence-electron chi connectivity index (χ0n) is 18.7. The number of nitrogens with one attached hydrogen (secondary N) is 1. The quantitative estimate of drug-likeness (QED) is 0.612. The first-order valence-electron chi connectivity index (χ1n) is 11.2. The van der Waals surface area contributed by atoms with Gasteiger partial charge in [-0.05, 0) is 75.6 Å². The monoisotopic (exact) mass is 420 g/mol. The number of carbonyl (C=O) groups is 1. The van der Waals surface area contributed by atoms with Gasteiger partial charge in [0, 0.05) is 55.5 Å². The molecule has 1 N–H and O–H groups in total. The fourth-order valence-electron chi connectivity index (χ4n) is 4.21. The summed E-state index contributed by atoms with van der Waals surface area (Å²) in [5.74, 6) is 0.872. The van der Waals surface area contributed by atoms with E-state index in [0.29, 0.717) is 24.8 Å². The van der Waals surface area contributed by atoms with Crippen LogP contribution in [-0.4, -0.2) is 57.5 Å². The van der Waals surface area contributed by atoms with E-state index in [0.717, 1.165) is 48.1 Å². The van der Waals surface area contributed by atoms with Gasteiger partial charge < -0.3 is 19.5 Å². The minimum Gasteiger partial charge on any atom is -0.490 e. The molecule has 1 aliphatic heterocycles. The smallest absolute Gasteiger partial charge is 0.270 e. The molecule has 1 amide bonds. The van der Waals surface area contributed by atoms with Crippen LogP contribution in [0.4, 0.5) is 0 Å². The van der Waals surface area contributed by atoms with Crippen LogP contribution >= 0.6 is 0 Å². The molecular weight excluding hydrogens is 388 g/mol. The Morgan fingerprint density at radius 3 is 2.61 bits per heavy atom. The summed E-state index contributed by atoms with van der Waals surface area (Å²) < 4.78 is 6.27. The van der Waals surface area contributed by atoms with Gasteiger partial charge in [-0.1, -0.05) is 0 Å². The van der Waals surface area contributed by atoms with Crippen molar-refractivity contribution in [3.05, 3.63) is 60.0 Å². The molecule has 3 aromatic rings. The van der Waals surface area contributed by atoms with E-state index in [4.69, 9.17) is 4.74 Å². The second-order valence-electron chi connectivity index (χ2n) is 8.55. The number of pyridine rings is 1. The van der Waals surface area contributed by atoms with Gasteiger partial charge >= 0.3 is 0 Å². The van der Waals surface area contributed by atoms with E-state index in [1.807, 2.05) is 48.2 Å². The van der Waals surface area contributed by atoms with Crippen molar-refractivity contribution in [2.45, 2.75) is 52.3 Å². The van der Waals surface area contributed by atoms with Crippen molar-refractivity contribution in [2.24, 2.45) is 0 Å². The number of hydrogen-bond donors (Lipinski definition) is 1. The van der Waals surface area contributed by atoms with Crippen molar-refractivity contribution in [1.82, 2.24) is 19.8 Å². The van der Waals surface area contributed by atoms with Crippen molar-refractivity contribution < 1.29 is 9.53 Å². The number of rotatable bonds is 7. The minimum atomic E-state index is -0.000891. The van der Waals surface area contributed by atoms with Gasteiger partial charge in [0.05, 0.1) is 0 Å². The molecule has 3 heterocycles. The lowest BCUT2D eigenvalue weighted by molar-refractivity contribution is 0.0747. The van der Waals surface area contributed by atoms with E-state index in [1.165, 1.54) is 0 Å². The second kappa shape index (κ2) is 9.52. The maximum absolute atomic E-state index is 13.1. The van der Waals surface area contributed by atoms with E-state index in [-0.39, 0.29) is 12.0 Å². The Hall–Kier alpha value is -2.86. The van der Waals surface area contributed by atoms with Gasteiger partial charge in [0.2, 0.25) is 0 Å².